The molecule has 104 valence electrons. The van der Waals surface area contributed by atoms with Gasteiger partial charge in [-0.05, 0) is 37.5 Å². The Hall–Kier alpha value is -2.04. The molecule has 4 N–H and O–H groups in total. The molecule has 19 heavy (non-hydrogen) atoms. The number of nitrogens with one attached hydrogen (secondary N) is 1. The summed E-state index contributed by atoms with van der Waals surface area (Å²) in [5.41, 5.74) is 7.66. The monoisotopic (exact) mass is 264 g/mol. The number of carbonyl (C=O) groups is 2. The van der Waals surface area contributed by atoms with Gasteiger partial charge in [0.25, 0.3) is 5.91 Å². The normalized spacial score (nSPS) is 11.9. The summed E-state index contributed by atoms with van der Waals surface area (Å²) in [6, 6.07) is 5.21. The SMILES string of the molecule is Cc1c(N)cccc1C(=O)NCCCC(C)C(=O)O. The van der Waals surface area contributed by atoms with Gasteiger partial charge < -0.3 is 16.2 Å². The summed E-state index contributed by atoms with van der Waals surface area (Å²) >= 11 is 0. The van der Waals surface area contributed by atoms with E-state index in [4.69, 9.17) is 10.8 Å². The molecular formula is C14H20N2O3. The first-order valence-electron chi connectivity index (χ1n) is 6.29. The molecule has 0 spiro atoms. The van der Waals surface area contributed by atoms with Crippen LogP contribution in [0, 0.1) is 12.8 Å². The van der Waals surface area contributed by atoms with Gasteiger partial charge in [0.1, 0.15) is 0 Å². The Bertz CT molecular complexity index is 472. The van der Waals surface area contributed by atoms with Crippen LogP contribution in [-0.4, -0.2) is 23.5 Å². The van der Waals surface area contributed by atoms with Crippen molar-refractivity contribution in [3.8, 4) is 0 Å². The smallest absolute Gasteiger partial charge is 0.306 e. The average Bonchev–Trinajstić information content (AvgIpc) is 2.37. The van der Waals surface area contributed by atoms with E-state index in [0.29, 0.717) is 30.6 Å². The lowest BCUT2D eigenvalue weighted by Gasteiger charge is -2.10. The molecule has 0 aliphatic carbocycles. The van der Waals surface area contributed by atoms with Gasteiger partial charge in [-0.3, -0.25) is 9.59 Å². The van der Waals surface area contributed by atoms with Crippen molar-refractivity contribution in [2.24, 2.45) is 5.92 Å². The van der Waals surface area contributed by atoms with Crippen LogP contribution in [0.15, 0.2) is 18.2 Å². The van der Waals surface area contributed by atoms with Crippen LogP contribution in [0.5, 0.6) is 0 Å². The summed E-state index contributed by atoms with van der Waals surface area (Å²) < 4.78 is 0. The number of rotatable bonds is 6. The van der Waals surface area contributed by atoms with Gasteiger partial charge in [0, 0.05) is 17.8 Å². The molecule has 0 bridgehead atoms. The van der Waals surface area contributed by atoms with Gasteiger partial charge in [-0.2, -0.15) is 0 Å². The summed E-state index contributed by atoms with van der Waals surface area (Å²) in [5, 5.41) is 11.5. The highest BCUT2D eigenvalue weighted by atomic mass is 16.4. The minimum atomic E-state index is -0.807. The van der Waals surface area contributed by atoms with Crippen molar-refractivity contribution in [1.82, 2.24) is 5.32 Å². The van der Waals surface area contributed by atoms with E-state index in [-0.39, 0.29) is 11.8 Å². The number of anilines is 1. The number of hydrogen-bond acceptors (Lipinski definition) is 3. The average molecular weight is 264 g/mol. The van der Waals surface area contributed by atoms with Gasteiger partial charge in [-0.25, -0.2) is 0 Å². The van der Waals surface area contributed by atoms with Gasteiger partial charge in [0.05, 0.1) is 5.92 Å². The number of aliphatic carboxylic acids is 1. The van der Waals surface area contributed by atoms with Gasteiger partial charge in [0.15, 0.2) is 0 Å². The van der Waals surface area contributed by atoms with Crippen LogP contribution in [-0.2, 0) is 4.79 Å². The quantitative estimate of drug-likeness (QED) is 0.539. The highest BCUT2D eigenvalue weighted by Crippen LogP contribution is 2.15. The van der Waals surface area contributed by atoms with E-state index in [9.17, 15) is 9.59 Å². The van der Waals surface area contributed by atoms with Crippen molar-refractivity contribution in [2.75, 3.05) is 12.3 Å². The van der Waals surface area contributed by atoms with E-state index < -0.39 is 5.97 Å². The molecule has 0 saturated carbocycles. The van der Waals surface area contributed by atoms with Crippen LogP contribution in [0.3, 0.4) is 0 Å². The predicted molar refractivity (Wildman–Crippen MR) is 74.0 cm³/mol. The molecular weight excluding hydrogens is 244 g/mol. The molecule has 0 aromatic heterocycles. The Kier molecular flexibility index (Phi) is 5.36. The van der Waals surface area contributed by atoms with Crippen molar-refractivity contribution < 1.29 is 14.7 Å². The minimum absolute atomic E-state index is 0.173. The molecule has 0 fully saturated rings. The highest BCUT2D eigenvalue weighted by molar-refractivity contribution is 5.96. The molecule has 0 radical (unpaired) electrons. The van der Waals surface area contributed by atoms with Crippen LogP contribution < -0.4 is 11.1 Å². The predicted octanol–water partition coefficient (Wildman–Crippen LogP) is 1.81. The first kappa shape index (κ1) is 15.0. The maximum absolute atomic E-state index is 11.9. The number of benzene rings is 1. The Morgan fingerprint density at radius 2 is 2.11 bits per heavy atom. The lowest BCUT2D eigenvalue weighted by Crippen LogP contribution is -2.26. The third-order valence-corrected chi connectivity index (χ3v) is 3.14. The number of carboxylic acids is 1. The van der Waals surface area contributed by atoms with E-state index in [1.807, 2.05) is 0 Å². The van der Waals surface area contributed by atoms with Gasteiger partial charge in [0.2, 0.25) is 0 Å². The minimum Gasteiger partial charge on any atom is -0.481 e. The molecule has 1 atom stereocenters. The maximum Gasteiger partial charge on any atom is 0.306 e. The van der Waals surface area contributed by atoms with Crippen LogP contribution in [0.2, 0.25) is 0 Å². The van der Waals surface area contributed by atoms with Crippen LogP contribution in [0.4, 0.5) is 5.69 Å². The second kappa shape index (κ2) is 6.78. The zero-order valence-electron chi connectivity index (χ0n) is 11.3. The Balaban J connectivity index is 2.44. The lowest BCUT2D eigenvalue weighted by molar-refractivity contribution is -0.141. The van der Waals surface area contributed by atoms with Crippen LogP contribution in [0.25, 0.3) is 0 Å². The van der Waals surface area contributed by atoms with E-state index >= 15 is 0 Å². The molecule has 0 heterocycles. The lowest BCUT2D eigenvalue weighted by atomic mass is 10.1. The second-order valence-electron chi connectivity index (χ2n) is 4.66. The molecule has 5 nitrogen and oxygen atoms in total. The number of nitrogen functional groups attached to an aromatic ring is 1. The number of carboxylic acid groups (broad SMARTS) is 1. The molecule has 1 aromatic rings. The fourth-order valence-corrected chi connectivity index (χ4v) is 1.73. The fourth-order valence-electron chi connectivity index (χ4n) is 1.73. The first-order valence-corrected chi connectivity index (χ1v) is 6.29. The van der Waals surface area contributed by atoms with Crippen LogP contribution >= 0.6 is 0 Å². The summed E-state index contributed by atoms with van der Waals surface area (Å²) in [5.74, 6) is -1.36. The summed E-state index contributed by atoms with van der Waals surface area (Å²) in [7, 11) is 0. The largest absolute Gasteiger partial charge is 0.481 e. The molecule has 1 aromatic carbocycles. The number of carbonyl (C=O) groups excluding carboxylic acids is 1. The second-order valence-corrected chi connectivity index (χ2v) is 4.66. The topological polar surface area (TPSA) is 92.4 Å². The Morgan fingerprint density at radius 3 is 2.74 bits per heavy atom. The number of amides is 1. The molecule has 1 unspecified atom stereocenters. The van der Waals surface area contributed by atoms with Gasteiger partial charge >= 0.3 is 5.97 Å². The first-order chi connectivity index (χ1) is 8.93. The van der Waals surface area contributed by atoms with E-state index in [1.54, 1.807) is 32.0 Å². The Labute approximate surface area is 112 Å². The summed E-state index contributed by atoms with van der Waals surface area (Å²) in [6.07, 6.45) is 1.19. The summed E-state index contributed by atoms with van der Waals surface area (Å²) in [6.45, 7) is 3.92. The number of nitrogens with two attached hydrogens (primary N) is 1. The van der Waals surface area contributed by atoms with E-state index in [0.717, 1.165) is 5.56 Å². The van der Waals surface area contributed by atoms with Crippen molar-refractivity contribution in [3.05, 3.63) is 29.3 Å². The van der Waals surface area contributed by atoms with Crippen LogP contribution in [0.1, 0.15) is 35.7 Å². The van der Waals surface area contributed by atoms with Gasteiger partial charge in [-0.1, -0.05) is 13.0 Å². The molecule has 0 aliphatic rings. The summed E-state index contributed by atoms with van der Waals surface area (Å²) in [4.78, 5) is 22.5. The fraction of sp³-hybridized carbons (Fsp3) is 0.429. The third-order valence-electron chi connectivity index (χ3n) is 3.14. The molecule has 5 heteroatoms. The van der Waals surface area contributed by atoms with E-state index in [2.05, 4.69) is 5.32 Å². The maximum atomic E-state index is 11.9. The Morgan fingerprint density at radius 1 is 1.42 bits per heavy atom. The van der Waals surface area contributed by atoms with Crippen molar-refractivity contribution >= 4 is 17.6 Å². The molecule has 1 amide bonds. The molecule has 0 saturated heterocycles. The third kappa shape index (κ3) is 4.28. The molecule has 0 aliphatic heterocycles. The standard InChI is InChI=1S/C14H20N2O3/c1-9(14(18)19)5-4-8-16-13(17)11-6-3-7-12(15)10(11)2/h3,6-7,9H,4-5,8,15H2,1-2H3,(H,16,17)(H,18,19). The van der Waals surface area contributed by atoms with Crippen molar-refractivity contribution in [2.45, 2.75) is 26.7 Å². The van der Waals surface area contributed by atoms with Crippen molar-refractivity contribution in [1.29, 1.82) is 0 Å². The van der Waals surface area contributed by atoms with Gasteiger partial charge in [-0.15, -0.1) is 0 Å². The zero-order valence-corrected chi connectivity index (χ0v) is 11.3. The highest BCUT2D eigenvalue weighted by Gasteiger charge is 2.12. The molecule has 1 rings (SSSR count). The van der Waals surface area contributed by atoms with E-state index in [1.165, 1.54) is 0 Å². The van der Waals surface area contributed by atoms with Crippen molar-refractivity contribution in [3.63, 3.8) is 0 Å². The number of hydrogen-bond donors (Lipinski definition) is 3. The zero-order chi connectivity index (χ0) is 14.4.